The number of esters is 2. The van der Waals surface area contributed by atoms with E-state index >= 15 is 0 Å². The van der Waals surface area contributed by atoms with E-state index in [1.807, 2.05) is 69.3 Å². The van der Waals surface area contributed by atoms with Gasteiger partial charge in [0.05, 0.1) is 26.9 Å². The van der Waals surface area contributed by atoms with Crippen molar-refractivity contribution in [2.24, 2.45) is 11.8 Å². The molecule has 60 heavy (non-hydrogen) atoms. The number of hydrogen-bond donors (Lipinski definition) is 3. The lowest BCUT2D eigenvalue weighted by Gasteiger charge is -2.31. The van der Waals surface area contributed by atoms with E-state index < -0.39 is 60.2 Å². The summed E-state index contributed by atoms with van der Waals surface area (Å²) in [6.07, 6.45) is -1.85. The molecule has 2 aromatic carbocycles. The first-order chi connectivity index (χ1) is 28.3. The van der Waals surface area contributed by atoms with Crippen LogP contribution in [0.5, 0.6) is 23.0 Å². The van der Waals surface area contributed by atoms with E-state index in [1.165, 1.54) is 19.4 Å². The van der Waals surface area contributed by atoms with Crippen LogP contribution in [0.2, 0.25) is 0 Å². The highest BCUT2D eigenvalue weighted by Crippen LogP contribution is 2.28. The van der Waals surface area contributed by atoms with Crippen molar-refractivity contribution < 1.29 is 80.3 Å². The molecular formula is C43H60ClN3O13. The quantitative estimate of drug-likeness (QED) is 0.199. The molecule has 17 heteroatoms. The number of rotatable bonds is 13. The first-order valence-electron chi connectivity index (χ1n) is 19.9. The van der Waals surface area contributed by atoms with Crippen molar-refractivity contribution in [3.8, 4) is 23.0 Å². The summed E-state index contributed by atoms with van der Waals surface area (Å²) in [7, 11) is 1.35. The van der Waals surface area contributed by atoms with Gasteiger partial charge in [0, 0.05) is 25.5 Å². The fourth-order valence-corrected chi connectivity index (χ4v) is 5.91. The smallest absolute Gasteiger partial charge is 0.367 e. The Morgan fingerprint density at radius 1 is 0.783 bits per heavy atom. The second-order valence-corrected chi connectivity index (χ2v) is 15.1. The van der Waals surface area contributed by atoms with Gasteiger partial charge < -0.3 is 71.2 Å². The van der Waals surface area contributed by atoms with E-state index in [4.69, 9.17) is 42.6 Å². The fourth-order valence-electron chi connectivity index (χ4n) is 5.91. The van der Waals surface area contributed by atoms with Crippen molar-refractivity contribution in [2.75, 3.05) is 46.8 Å². The fraction of sp³-hybridized carbons (Fsp3) is 0.535. The predicted molar refractivity (Wildman–Crippen MR) is 214 cm³/mol. The number of quaternary nitrogens is 1. The Morgan fingerprint density at radius 2 is 1.27 bits per heavy atom. The lowest BCUT2D eigenvalue weighted by atomic mass is 10.1. The molecule has 1 aromatic heterocycles. The Bertz CT molecular complexity index is 1740. The van der Waals surface area contributed by atoms with Crippen molar-refractivity contribution in [1.29, 1.82) is 0 Å². The summed E-state index contributed by atoms with van der Waals surface area (Å²) in [5, 5.41) is 12.8. The Kier molecular flexibility index (Phi) is 20.8. The molecule has 5 rings (SSSR count). The first kappa shape index (κ1) is 49.7. The predicted octanol–water partition coefficient (Wildman–Crippen LogP) is 0.397. The standard InChI is InChI=1S/C25H32N2O8.C18H27NO5.ClH/c1-15(2)12-33-20-14-32-13-18(27-24(29)21-22(28)19(31-4)10-11-26-21)25(30)34-16(3)23(20)35-17-8-6-5-7-9-17;1-12(2)9-22-16-11-21-10-15(19)18(20)23-13(3)17(16)24-14-7-5-4-6-8-14;/h5-11,15-16,18,20,23,28H,12-14H2,1-4H3,(H,27,29);4-8,12-13,15-17H,9-11,19H2,1-3H3;1H/t16-,18-,20-,23-;13-,15-,16-,17-;/m00./s1. The molecule has 0 bridgehead atoms. The zero-order valence-corrected chi connectivity index (χ0v) is 36.1. The van der Waals surface area contributed by atoms with Crippen LogP contribution in [0.25, 0.3) is 0 Å². The second-order valence-electron chi connectivity index (χ2n) is 15.1. The minimum Gasteiger partial charge on any atom is -1.00 e. The molecule has 0 spiro atoms. The van der Waals surface area contributed by atoms with Crippen LogP contribution in [0.1, 0.15) is 52.0 Å². The third-order valence-electron chi connectivity index (χ3n) is 8.99. The van der Waals surface area contributed by atoms with Gasteiger partial charge in [0.2, 0.25) is 6.04 Å². The van der Waals surface area contributed by atoms with Gasteiger partial charge in [-0.25, -0.2) is 14.6 Å². The summed E-state index contributed by atoms with van der Waals surface area (Å²) in [5.74, 6) is -0.260. The first-order valence-corrected chi connectivity index (χ1v) is 19.9. The number of nitrogens with zero attached hydrogens (tertiary/aromatic N) is 1. The van der Waals surface area contributed by atoms with E-state index in [2.05, 4.69) is 29.9 Å². The highest BCUT2D eigenvalue weighted by molar-refractivity contribution is 5.98. The normalized spacial score (nSPS) is 24.8. The molecular weight excluding hydrogens is 802 g/mol. The van der Waals surface area contributed by atoms with Gasteiger partial charge in [-0.2, -0.15) is 0 Å². The van der Waals surface area contributed by atoms with Gasteiger partial charge in [0.1, 0.15) is 42.5 Å². The molecule has 2 fully saturated rings. The molecule has 5 N–H and O–H groups in total. The topological polar surface area (TPSA) is 207 Å². The van der Waals surface area contributed by atoms with Gasteiger partial charge >= 0.3 is 11.9 Å². The van der Waals surface area contributed by atoms with E-state index in [0.717, 1.165) is 0 Å². The minimum atomic E-state index is -1.14. The van der Waals surface area contributed by atoms with Crippen molar-refractivity contribution in [3.05, 3.63) is 78.6 Å². The zero-order valence-electron chi connectivity index (χ0n) is 35.3. The van der Waals surface area contributed by atoms with Gasteiger partial charge in [-0.05, 0) is 49.9 Å². The van der Waals surface area contributed by atoms with Crippen LogP contribution in [-0.2, 0) is 38.0 Å². The number of ether oxygens (including phenoxy) is 9. The van der Waals surface area contributed by atoms with Crippen LogP contribution in [0.3, 0.4) is 0 Å². The number of benzene rings is 2. The number of pyridine rings is 1. The number of para-hydroxylation sites is 2. The molecule has 332 valence electrons. The monoisotopic (exact) mass is 861 g/mol. The number of hydrogen-bond acceptors (Lipinski definition) is 14. The van der Waals surface area contributed by atoms with Crippen LogP contribution in [0.4, 0.5) is 0 Å². The Labute approximate surface area is 358 Å². The van der Waals surface area contributed by atoms with Crippen LogP contribution >= 0.6 is 0 Å². The number of halogens is 1. The summed E-state index contributed by atoms with van der Waals surface area (Å²) in [6.45, 7) is 13.3. The van der Waals surface area contributed by atoms with Crippen LogP contribution in [-0.4, -0.2) is 123 Å². The Balaban J connectivity index is 0.000000337. The summed E-state index contributed by atoms with van der Waals surface area (Å²) in [4.78, 5) is 41.6. The molecule has 0 saturated carbocycles. The number of cyclic esters (lactones) is 2. The maximum absolute atomic E-state index is 13.0. The lowest BCUT2D eigenvalue weighted by molar-refractivity contribution is -0.415. The number of carbonyl (C=O) groups is 3. The summed E-state index contributed by atoms with van der Waals surface area (Å²) < 4.78 is 51.9. The minimum absolute atomic E-state index is 0. The van der Waals surface area contributed by atoms with Crippen LogP contribution in [0, 0.1) is 11.8 Å². The molecule has 0 aliphatic carbocycles. The third-order valence-corrected chi connectivity index (χ3v) is 8.99. The molecule has 1 amide bonds. The Hall–Kier alpha value is -4.71. The van der Waals surface area contributed by atoms with Gasteiger partial charge in [-0.1, -0.05) is 64.1 Å². The number of methoxy groups -OCH3 is 1. The van der Waals surface area contributed by atoms with E-state index in [9.17, 15) is 19.5 Å². The molecule has 3 heterocycles. The Morgan fingerprint density at radius 3 is 1.75 bits per heavy atom. The van der Waals surface area contributed by atoms with E-state index in [0.29, 0.717) is 37.2 Å². The average molecular weight is 862 g/mol. The maximum atomic E-state index is 13.0. The largest absolute Gasteiger partial charge is 1.00 e. The molecule has 0 unspecified atom stereocenters. The zero-order chi connectivity index (χ0) is 42.9. The molecule has 2 aliphatic heterocycles. The van der Waals surface area contributed by atoms with Gasteiger partial charge in [-0.15, -0.1) is 0 Å². The molecule has 3 aromatic rings. The number of carbonyl (C=O) groups excluding carboxylic acids is 3. The molecule has 8 atom stereocenters. The van der Waals surface area contributed by atoms with E-state index in [1.54, 1.807) is 19.1 Å². The van der Waals surface area contributed by atoms with Crippen LogP contribution < -0.4 is 37.7 Å². The van der Waals surface area contributed by atoms with Crippen molar-refractivity contribution in [2.45, 2.75) is 90.2 Å². The number of aromatic hydroxyl groups is 1. The molecule has 16 nitrogen and oxygen atoms in total. The number of aromatic nitrogens is 1. The molecule has 2 aliphatic rings. The van der Waals surface area contributed by atoms with Crippen LogP contribution in [0.15, 0.2) is 72.9 Å². The average Bonchev–Trinajstić information content (AvgIpc) is 3.29. The van der Waals surface area contributed by atoms with Gasteiger partial charge in [-0.3, -0.25) is 4.79 Å². The van der Waals surface area contributed by atoms with Crippen molar-refractivity contribution in [3.63, 3.8) is 0 Å². The van der Waals surface area contributed by atoms with E-state index in [-0.39, 0.29) is 61.7 Å². The highest BCUT2D eigenvalue weighted by Gasteiger charge is 2.39. The summed E-state index contributed by atoms with van der Waals surface area (Å²) in [6, 6.07) is 18.3. The highest BCUT2D eigenvalue weighted by atomic mass is 35.5. The second kappa shape index (κ2) is 25.2. The van der Waals surface area contributed by atoms with Gasteiger partial charge in [0.25, 0.3) is 5.91 Å². The number of amides is 1. The van der Waals surface area contributed by atoms with Crippen molar-refractivity contribution >= 4 is 17.8 Å². The summed E-state index contributed by atoms with van der Waals surface area (Å²) in [5.41, 5.74) is 3.50. The maximum Gasteiger partial charge on any atom is 0.367 e. The molecule has 0 radical (unpaired) electrons. The van der Waals surface area contributed by atoms with Gasteiger partial charge in [0.15, 0.2) is 35.4 Å². The lowest BCUT2D eigenvalue weighted by Crippen LogP contribution is -3.00. The third kappa shape index (κ3) is 15.4. The SMILES string of the molecule is CC(C)CO[C@H]1COC[C@H]([NH3+])C(=O)O[C@@H](C)[C@@H]1Oc1ccccc1.COc1ccnc(C(=O)N[C@H]2COC[C@H](OCC(C)C)[C@@H](Oc3ccccc3)[C@H](C)OC2=O)c1O.[Cl-]. The van der Waals surface area contributed by atoms with Crippen molar-refractivity contribution in [1.82, 2.24) is 10.3 Å². The summed E-state index contributed by atoms with van der Waals surface area (Å²) >= 11 is 0. The molecule has 2 saturated heterocycles. The number of nitrogens with one attached hydrogen (secondary N) is 1.